The number of benzene rings is 1. The molecule has 1 aliphatic carbocycles. The average Bonchev–Trinajstić information content (AvgIpc) is 2.83. The highest BCUT2D eigenvalue weighted by Crippen LogP contribution is 2.37. The molecule has 0 atom stereocenters. The summed E-state index contributed by atoms with van der Waals surface area (Å²) in [7, 11) is 3.67. The van der Waals surface area contributed by atoms with Crippen LogP contribution in [0, 0.1) is 0 Å². The molecule has 0 spiro atoms. The third-order valence-electron chi connectivity index (χ3n) is 4.04. The maximum absolute atomic E-state index is 5.28. The molecular formula is C16H21N3O. The fourth-order valence-corrected chi connectivity index (χ4v) is 2.76. The third kappa shape index (κ3) is 2.85. The van der Waals surface area contributed by atoms with Gasteiger partial charge in [-0.3, -0.25) is 4.68 Å². The number of aromatic nitrogens is 2. The predicted molar refractivity (Wildman–Crippen MR) is 78.8 cm³/mol. The van der Waals surface area contributed by atoms with Crippen molar-refractivity contribution in [3.63, 3.8) is 0 Å². The van der Waals surface area contributed by atoms with Gasteiger partial charge in [0.05, 0.1) is 12.8 Å². The molecule has 1 saturated carbocycles. The van der Waals surface area contributed by atoms with Gasteiger partial charge in [0, 0.05) is 25.8 Å². The third-order valence-corrected chi connectivity index (χ3v) is 4.04. The smallest absolute Gasteiger partial charge is 0.119 e. The fourth-order valence-electron chi connectivity index (χ4n) is 2.76. The quantitative estimate of drug-likeness (QED) is 0.908. The summed E-state index contributed by atoms with van der Waals surface area (Å²) >= 11 is 0. The summed E-state index contributed by atoms with van der Waals surface area (Å²) < 4.78 is 7.13. The van der Waals surface area contributed by atoms with Crippen LogP contribution in [0.15, 0.2) is 36.5 Å². The molecule has 0 bridgehead atoms. The first-order valence-electron chi connectivity index (χ1n) is 7.10. The van der Waals surface area contributed by atoms with Crippen LogP contribution in [0.5, 0.6) is 5.75 Å². The molecule has 3 rings (SSSR count). The van der Waals surface area contributed by atoms with E-state index in [0.29, 0.717) is 12.0 Å². The first kappa shape index (κ1) is 13.2. The summed E-state index contributed by atoms with van der Waals surface area (Å²) in [4.78, 5) is 0. The molecule has 0 saturated heterocycles. The molecule has 1 heterocycles. The van der Waals surface area contributed by atoms with E-state index in [1.165, 1.54) is 18.4 Å². The lowest BCUT2D eigenvalue weighted by molar-refractivity contribution is 0.287. The highest BCUT2D eigenvalue weighted by molar-refractivity contribution is 5.32. The molecule has 4 heteroatoms. The van der Waals surface area contributed by atoms with Crippen LogP contribution in [0.4, 0.5) is 0 Å². The maximum atomic E-state index is 5.28. The zero-order chi connectivity index (χ0) is 13.9. The Morgan fingerprint density at radius 2 is 2.20 bits per heavy atom. The van der Waals surface area contributed by atoms with Crippen molar-refractivity contribution < 1.29 is 4.74 Å². The Hall–Kier alpha value is -1.81. The highest BCUT2D eigenvalue weighted by Gasteiger charge is 2.30. The first-order chi connectivity index (χ1) is 9.74. The molecule has 0 aliphatic heterocycles. The number of hydrogen-bond donors (Lipinski definition) is 1. The molecule has 1 aromatic carbocycles. The van der Waals surface area contributed by atoms with E-state index in [9.17, 15) is 0 Å². The first-order valence-corrected chi connectivity index (χ1v) is 7.10. The Labute approximate surface area is 119 Å². The molecule has 20 heavy (non-hydrogen) atoms. The number of aryl methyl sites for hydroxylation is 1. The molecular weight excluding hydrogens is 250 g/mol. The van der Waals surface area contributed by atoms with Crippen LogP contribution in [0.3, 0.4) is 0 Å². The lowest BCUT2D eigenvalue weighted by Gasteiger charge is -2.36. The van der Waals surface area contributed by atoms with Gasteiger partial charge in [0.1, 0.15) is 5.75 Å². The molecule has 0 amide bonds. The summed E-state index contributed by atoms with van der Waals surface area (Å²) in [6, 6.07) is 11.1. The lowest BCUT2D eigenvalue weighted by atomic mass is 9.76. The second kappa shape index (κ2) is 5.67. The molecule has 1 aromatic heterocycles. The summed E-state index contributed by atoms with van der Waals surface area (Å²) in [5.41, 5.74) is 2.50. The van der Waals surface area contributed by atoms with Crippen molar-refractivity contribution in [3.05, 3.63) is 47.8 Å². The minimum absolute atomic E-state index is 0.605. The Morgan fingerprint density at radius 1 is 1.35 bits per heavy atom. The van der Waals surface area contributed by atoms with E-state index in [0.717, 1.165) is 18.0 Å². The van der Waals surface area contributed by atoms with Crippen molar-refractivity contribution in [1.29, 1.82) is 0 Å². The normalized spacial score (nSPS) is 21.5. The largest absolute Gasteiger partial charge is 0.497 e. The van der Waals surface area contributed by atoms with Gasteiger partial charge in [-0.2, -0.15) is 5.10 Å². The fraction of sp³-hybridized carbons (Fsp3) is 0.438. The monoisotopic (exact) mass is 271 g/mol. The van der Waals surface area contributed by atoms with Crippen LogP contribution in [0.25, 0.3) is 0 Å². The van der Waals surface area contributed by atoms with Crippen LogP contribution in [-0.2, 0) is 13.6 Å². The van der Waals surface area contributed by atoms with Gasteiger partial charge >= 0.3 is 0 Å². The van der Waals surface area contributed by atoms with Gasteiger partial charge in [-0.25, -0.2) is 0 Å². The molecule has 1 N–H and O–H groups in total. The molecule has 1 aliphatic rings. The Balaban J connectivity index is 1.48. The van der Waals surface area contributed by atoms with Crippen molar-refractivity contribution in [2.45, 2.75) is 31.3 Å². The number of nitrogens with zero attached hydrogens (tertiary/aromatic N) is 2. The van der Waals surface area contributed by atoms with Crippen LogP contribution in [-0.4, -0.2) is 22.9 Å². The molecule has 1 fully saturated rings. The SMILES string of the molecule is COc1cccc(C2CC(NCc3ccn(C)n3)C2)c1. The maximum Gasteiger partial charge on any atom is 0.119 e. The molecule has 0 radical (unpaired) electrons. The highest BCUT2D eigenvalue weighted by atomic mass is 16.5. The average molecular weight is 271 g/mol. The van der Waals surface area contributed by atoms with Gasteiger partial charge in [-0.15, -0.1) is 0 Å². The van der Waals surface area contributed by atoms with Crippen LogP contribution in [0.1, 0.15) is 30.0 Å². The van der Waals surface area contributed by atoms with Gasteiger partial charge in [0.25, 0.3) is 0 Å². The van der Waals surface area contributed by atoms with E-state index in [2.05, 4.69) is 34.7 Å². The van der Waals surface area contributed by atoms with E-state index in [1.807, 2.05) is 24.0 Å². The van der Waals surface area contributed by atoms with Crippen LogP contribution >= 0.6 is 0 Å². The van der Waals surface area contributed by atoms with E-state index < -0.39 is 0 Å². The van der Waals surface area contributed by atoms with Gasteiger partial charge in [0.15, 0.2) is 0 Å². The zero-order valence-electron chi connectivity index (χ0n) is 12.0. The summed E-state index contributed by atoms with van der Waals surface area (Å²) in [5.74, 6) is 1.61. The minimum Gasteiger partial charge on any atom is -0.497 e. The van der Waals surface area contributed by atoms with E-state index in [1.54, 1.807) is 7.11 Å². The zero-order valence-corrected chi connectivity index (χ0v) is 12.0. The Morgan fingerprint density at radius 3 is 2.90 bits per heavy atom. The molecule has 0 unspecified atom stereocenters. The topological polar surface area (TPSA) is 39.1 Å². The summed E-state index contributed by atoms with van der Waals surface area (Å²) in [5, 5.41) is 7.95. The van der Waals surface area contributed by atoms with Gasteiger partial charge in [0.2, 0.25) is 0 Å². The Kier molecular flexibility index (Phi) is 3.74. The number of nitrogens with one attached hydrogen (secondary N) is 1. The second-order valence-electron chi connectivity index (χ2n) is 5.50. The summed E-state index contributed by atoms with van der Waals surface area (Å²) in [6.45, 7) is 0.857. The van der Waals surface area contributed by atoms with Gasteiger partial charge in [-0.1, -0.05) is 12.1 Å². The summed E-state index contributed by atoms with van der Waals surface area (Å²) in [6.07, 6.45) is 4.37. The lowest BCUT2D eigenvalue weighted by Crippen LogP contribution is -2.39. The van der Waals surface area contributed by atoms with Crippen molar-refractivity contribution in [3.8, 4) is 5.75 Å². The van der Waals surface area contributed by atoms with E-state index in [4.69, 9.17) is 4.74 Å². The number of rotatable bonds is 5. The molecule has 2 aromatic rings. The molecule has 106 valence electrons. The van der Waals surface area contributed by atoms with E-state index >= 15 is 0 Å². The van der Waals surface area contributed by atoms with E-state index in [-0.39, 0.29) is 0 Å². The molecule has 4 nitrogen and oxygen atoms in total. The van der Waals surface area contributed by atoms with Crippen molar-refractivity contribution in [2.24, 2.45) is 7.05 Å². The number of methoxy groups -OCH3 is 1. The van der Waals surface area contributed by atoms with Crippen LogP contribution in [0.2, 0.25) is 0 Å². The van der Waals surface area contributed by atoms with Gasteiger partial charge < -0.3 is 10.1 Å². The minimum atomic E-state index is 0.605. The van der Waals surface area contributed by atoms with Crippen molar-refractivity contribution in [2.75, 3.05) is 7.11 Å². The van der Waals surface area contributed by atoms with Crippen molar-refractivity contribution in [1.82, 2.24) is 15.1 Å². The predicted octanol–water partition coefficient (Wildman–Crippen LogP) is 2.46. The Bertz CT molecular complexity index is 573. The number of ether oxygens (including phenoxy) is 1. The van der Waals surface area contributed by atoms with Crippen molar-refractivity contribution >= 4 is 0 Å². The second-order valence-corrected chi connectivity index (χ2v) is 5.50. The number of hydrogen-bond acceptors (Lipinski definition) is 3. The van der Waals surface area contributed by atoms with Crippen LogP contribution < -0.4 is 10.1 Å². The van der Waals surface area contributed by atoms with Gasteiger partial charge in [-0.05, 0) is 42.5 Å². The standard InChI is InChI=1S/C16H21N3O/c1-19-7-6-14(18-19)11-17-15-8-13(9-15)12-4-3-5-16(10-12)20-2/h3-7,10,13,15,17H,8-9,11H2,1-2H3.